The van der Waals surface area contributed by atoms with Gasteiger partial charge in [0.1, 0.15) is 12.1 Å². The summed E-state index contributed by atoms with van der Waals surface area (Å²) in [7, 11) is 0. The highest BCUT2D eigenvalue weighted by Gasteiger charge is 2.38. The lowest BCUT2D eigenvalue weighted by Gasteiger charge is -2.29. The number of carbonyl (C=O) groups is 3. The van der Waals surface area contributed by atoms with Crippen LogP contribution in [0.15, 0.2) is 0 Å². The highest BCUT2D eigenvalue weighted by atomic mass is 16.4. The molecule has 2 atom stereocenters. The molecule has 18 heavy (non-hydrogen) atoms. The molecule has 0 aliphatic carbocycles. The second-order valence-electron chi connectivity index (χ2n) is 4.95. The van der Waals surface area contributed by atoms with Crippen LogP contribution in [0.5, 0.6) is 0 Å². The van der Waals surface area contributed by atoms with Crippen molar-refractivity contribution in [3.8, 4) is 0 Å². The number of likely N-dealkylation sites (tertiary alicyclic amines) is 1. The fraction of sp³-hybridized carbons (Fsp3) is 0.750. The molecule has 2 amide bonds. The lowest BCUT2D eigenvalue weighted by Crippen LogP contribution is -2.53. The molecule has 1 heterocycles. The third-order valence-electron chi connectivity index (χ3n) is 3.11. The Balaban J connectivity index is 2.82. The number of carboxylic acid groups (broad SMARTS) is 1. The molecule has 6 nitrogen and oxygen atoms in total. The molecule has 0 aromatic heterocycles. The summed E-state index contributed by atoms with van der Waals surface area (Å²) in [5, 5.41) is 11.6. The molecular formula is C12H20N2O4. The molecule has 102 valence electrons. The first-order chi connectivity index (χ1) is 8.34. The lowest BCUT2D eigenvalue weighted by atomic mass is 10.0. The standard InChI is InChI=1S/C12H20N2O4/c1-7(2)10(13-8(3)15)11(16)14-6-4-5-9(14)12(17)18/h7,9-10H,4-6H2,1-3H3,(H,13,15)(H,17,18)/t9-,10-/m0/s1. The Labute approximate surface area is 106 Å². The first-order valence-electron chi connectivity index (χ1n) is 6.15. The van der Waals surface area contributed by atoms with Gasteiger partial charge in [-0.25, -0.2) is 4.79 Å². The predicted molar refractivity (Wildman–Crippen MR) is 64.8 cm³/mol. The average Bonchev–Trinajstić information content (AvgIpc) is 2.73. The number of carboxylic acids is 1. The molecule has 0 aromatic carbocycles. The van der Waals surface area contributed by atoms with E-state index in [1.165, 1.54) is 11.8 Å². The minimum atomic E-state index is -0.980. The zero-order valence-electron chi connectivity index (χ0n) is 11.0. The molecule has 1 aliphatic heterocycles. The van der Waals surface area contributed by atoms with Crippen molar-refractivity contribution in [1.82, 2.24) is 10.2 Å². The van der Waals surface area contributed by atoms with Crippen LogP contribution in [0.4, 0.5) is 0 Å². The number of rotatable bonds is 4. The topological polar surface area (TPSA) is 86.7 Å². The molecule has 0 bridgehead atoms. The molecule has 2 N–H and O–H groups in total. The van der Waals surface area contributed by atoms with Crippen molar-refractivity contribution in [2.75, 3.05) is 6.54 Å². The van der Waals surface area contributed by atoms with Crippen LogP contribution in [-0.4, -0.2) is 46.4 Å². The number of hydrogen-bond donors (Lipinski definition) is 2. The Bertz CT molecular complexity index is 350. The van der Waals surface area contributed by atoms with Gasteiger partial charge in [0.05, 0.1) is 0 Å². The van der Waals surface area contributed by atoms with E-state index in [-0.39, 0.29) is 17.7 Å². The highest BCUT2D eigenvalue weighted by molar-refractivity contribution is 5.90. The van der Waals surface area contributed by atoms with Crippen molar-refractivity contribution >= 4 is 17.8 Å². The summed E-state index contributed by atoms with van der Waals surface area (Å²) in [6.07, 6.45) is 1.17. The minimum absolute atomic E-state index is 0.0727. The number of hydrogen-bond acceptors (Lipinski definition) is 3. The quantitative estimate of drug-likeness (QED) is 0.753. The van der Waals surface area contributed by atoms with E-state index < -0.39 is 18.1 Å². The largest absolute Gasteiger partial charge is 0.480 e. The van der Waals surface area contributed by atoms with E-state index in [0.717, 1.165) is 0 Å². The summed E-state index contributed by atoms with van der Waals surface area (Å²) in [4.78, 5) is 35.8. The van der Waals surface area contributed by atoms with Crippen LogP contribution in [0, 0.1) is 5.92 Å². The number of nitrogens with one attached hydrogen (secondary N) is 1. The maximum atomic E-state index is 12.3. The van der Waals surface area contributed by atoms with Gasteiger partial charge in [-0.15, -0.1) is 0 Å². The molecule has 0 spiro atoms. The van der Waals surface area contributed by atoms with E-state index in [2.05, 4.69) is 5.32 Å². The molecule has 0 aromatic rings. The summed E-state index contributed by atoms with van der Waals surface area (Å²) in [6, 6.07) is -1.41. The van der Waals surface area contributed by atoms with E-state index in [1.807, 2.05) is 13.8 Å². The van der Waals surface area contributed by atoms with Crippen LogP contribution in [-0.2, 0) is 14.4 Å². The minimum Gasteiger partial charge on any atom is -0.480 e. The van der Waals surface area contributed by atoms with Crippen molar-refractivity contribution in [3.05, 3.63) is 0 Å². The fourth-order valence-corrected chi connectivity index (χ4v) is 2.20. The Hall–Kier alpha value is -1.59. The van der Waals surface area contributed by atoms with E-state index >= 15 is 0 Å². The van der Waals surface area contributed by atoms with Crippen LogP contribution in [0.3, 0.4) is 0 Å². The number of amides is 2. The molecule has 1 rings (SSSR count). The number of nitrogens with zero attached hydrogens (tertiary/aromatic N) is 1. The Morgan fingerprint density at radius 2 is 1.94 bits per heavy atom. The first-order valence-corrected chi connectivity index (χ1v) is 6.15. The van der Waals surface area contributed by atoms with Gasteiger partial charge >= 0.3 is 5.97 Å². The summed E-state index contributed by atoms with van der Waals surface area (Å²) < 4.78 is 0. The van der Waals surface area contributed by atoms with E-state index in [1.54, 1.807) is 0 Å². The van der Waals surface area contributed by atoms with Gasteiger partial charge in [0.2, 0.25) is 11.8 Å². The second kappa shape index (κ2) is 5.84. The molecule has 1 aliphatic rings. The van der Waals surface area contributed by atoms with Gasteiger partial charge in [-0.05, 0) is 18.8 Å². The predicted octanol–water partition coefficient (Wildman–Crippen LogP) is 0.223. The maximum Gasteiger partial charge on any atom is 0.326 e. The number of carbonyl (C=O) groups excluding carboxylic acids is 2. The van der Waals surface area contributed by atoms with Crippen molar-refractivity contribution in [2.45, 2.75) is 45.7 Å². The molecule has 1 saturated heterocycles. The van der Waals surface area contributed by atoms with Crippen LogP contribution in [0.2, 0.25) is 0 Å². The summed E-state index contributed by atoms with van der Waals surface area (Å²) in [6.45, 7) is 5.44. The van der Waals surface area contributed by atoms with Gasteiger partial charge in [-0.2, -0.15) is 0 Å². The lowest BCUT2D eigenvalue weighted by molar-refractivity contribution is -0.149. The summed E-state index contributed by atoms with van der Waals surface area (Å²) in [5.74, 6) is -1.64. The maximum absolute atomic E-state index is 12.3. The summed E-state index contributed by atoms with van der Waals surface area (Å²) >= 11 is 0. The van der Waals surface area contributed by atoms with Gasteiger partial charge in [0, 0.05) is 13.5 Å². The zero-order chi connectivity index (χ0) is 13.9. The van der Waals surface area contributed by atoms with E-state index in [9.17, 15) is 14.4 Å². The fourth-order valence-electron chi connectivity index (χ4n) is 2.20. The number of aliphatic carboxylic acids is 1. The normalized spacial score (nSPS) is 20.9. The molecule has 0 saturated carbocycles. The third kappa shape index (κ3) is 3.21. The monoisotopic (exact) mass is 256 g/mol. The van der Waals surface area contributed by atoms with Crippen LogP contribution >= 0.6 is 0 Å². The van der Waals surface area contributed by atoms with Crippen LogP contribution in [0.1, 0.15) is 33.6 Å². The van der Waals surface area contributed by atoms with Crippen LogP contribution in [0.25, 0.3) is 0 Å². The summed E-state index contributed by atoms with van der Waals surface area (Å²) in [5.41, 5.74) is 0. The Morgan fingerprint density at radius 1 is 1.33 bits per heavy atom. The zero-order valence-corrected chi connectivity index (χ0v) is 11.0. The third-order valence-corrected chi connectivity index (χ3v) is 3.11. The van der Waals surface area contributed by atoms with Crippen molar-refractivity contribution < 1.29 is 19.5 Å². The van der Waals surface area contributed by atoms with Crippen molar-refractivity contribution in [3.63, 3.8) is 0 Å². The molecule has 1 fully saturated rings. The van der Waals surface area contributed by atoms with Gasteiger partial charge < -0.3 is 15.3 Å². The van der Waals surface area contributed by atoms with E-state index in [4.69, 9.17) is 5.11 Å². The molecule has 6 heteroatoms. The molecular weight excluding hydrogens is 236 g/mol. The second-order valence-corrected chi connectivity index (χ2v) is 4.95. The Kier molecular flexibility index (Phi) is 4.69. The highest BCUT2D eigenvalue weighted by Crippen LogP contribution is 2.20. The smallest absolute Gasteiger partial charge is 0.326 e. The first kappa shape index (κ1) is 14.5. The van der Waals surface area contributed by atoms with Crippen molar-refractivity contribution in [2.24, 2.45) is 5.92 Å². The van der Waals surface area contributed by atoms with Gasteiger partial charge in [-0.1, -0.05) is 13.8 Å². The van der Waals surface area contributed by atoms with Gasteiger partial charge in [-0.3, -0.25) is 9.59 Å². The average molecular weight is 256 g/mol. The van der Waals surface area contributed by atoms with Crippen LogP contribution < -0.4 is 5.32 Å². The molecule has 0 unspecified atom stereocenters. The van der Waals surface area contributed by atoms with Crippen molar-refractivity contribution in [1.29, 1.82) is 0 Å². The van der Waals surface area contributed by atoms with E-state index in [0.29, 0.717) is 19.4 Å². The van der Waals surface area contributed by atoms with Gasteiger partial charge in [0.15, 0.2) is 0 Å². The Morgan fingerprint density at radius 3 is 2.39 bits per heavy atom. The SMILES string of the molecule is CC(=O)N[C@H](C(=O)N1CCC[C@H]1C(=O)O)C(C)C. The molecule has 0 radical (unpaired) electrons. The van der Waals surface area contributed by atoms with Gasteiger partial charge in [0.25, 0.3) is 0 Å².